The van der Waals surface area contributed by atoms with Gasteiger partial charge in [-0.05, 0) is 48.7 Å². The molecule has 0 aliphatic carbocycles. The standard InChI is InChI=1S/C20H20N2O/c1-13(2)20-11-16-10-15(8-9-19(16)23-20)12-22-14(3)21-17-6-4-5-7-18(17)22/h4-10,20H,1,11-12H2,2-3H3. The van der Waals surface area contributed by atoms with Crippen molar-refractivity contribution >= 4 is 11.0 Å². The lowest BCUT2D eigenvalue weighted by Gasteiger charge is -2.09. The number of benzene rings is 2. The highest BCUT2D eigenvalue weighted by atomic mass is 16.5. The maximum Gasteiger partial charge on any atom is 0.123 e. The van der Waals surface area contributed by atoms with Crippen molar-refractivity contribution < 1.29 is 4.74 Å². The summed E-state index contributed by atoms with van der Waals surface area (Å²) in [4.78, 5) is 4.64. The number of aromatic nitrogens is 2. The molecule has 1 atom stereocenters. The summed E-state index contributed by atoms with van der Waals surface area (Å²) in [7, 11) is 0. The van der Waals surface area contributed by atoms with Crippen molar-refractivity contribution in [1.29, 1.82) is 0 Å². The summed E-state index contributed by atoms with van der Waals surface area (Å²) in [5.74, 6) is 2.04. The molecule has 3 nitrogen and oxygen atoms in total. The van der Waals surface area contributed by atoms with Gasteiger partial charge in [-0.3, -0.25) is 0 Å². The van der Waals surface area contributed by atoms with Crippen molar-refractivity contribution in [3.8, 4) is 5.75 Å². The van der Waals surface area contributed by atoms with E-state index in [2.05, 4.69) is 59.5 Å². The summed E-state index contributed by atoms with van der Waals surface area (Å²) in [6.07, 6.45) is 1.04. The maximum atomic E-state index is 5.93. The van der Waals surface area contributed by atoms with Crippen LogP contribution in [0, 0.1) is 6.92 Å². The molecule has 0 saturated carbocycles. The fourth-order valence-corrected chi connectivity index (χ4v) is 3.25. The molecule has 0 radical (unpaired) electrons. The maximum absolute atomic E-state index is 5.93. The molecule has 4 rings (SSSR count). The molecule has 116 valence electrons. The van der Waals surface area contributed by atoms with Crippen molar-refractivity contribution in [1.82, 2.24) is 9.55 Å². The zero-order chi connectivity index (χ0) is 16.0. The number of ether oxygens (including phenoxy) is 1. The molecule has 2 aromatic carbocycles. The first kappa shape index (κ1) is 14.1. The molecule has 0 N–H and O–H groups in total. The topological polar surface area (TPSA) is 27.1 Å². The molecule has 0 bridgehead atoms. The Kier molecular flexibility index (Phi) is 3.22. The number of nitrogens with zero attached hydrogens (tertiary/aromatic N) is 2. The molecule has 2 heterocycles. The Morgan fingerprint density at radius 3 is 2.96 bits per heavy atom. The van der Waals surface area contributed by atoms with Crippen LogP contribution in [0.5, 0.6) is 5.75 Å². The van der Waals surface area contributed by atoms with Crippen LogP contribution in [0.15, 0.2) is 54.6 Å². The van der Waals surface area contributed by atoms with E-state index in [9.17, 15) is 0 Å². The molecular formula is C20H20N2O. The molecule has 1 aliphatic heterocycles. The van der Waals surface area contributed by atoms with Crippen LogP contribution in [0.1, 0.15) is 23.9 Å². The molecule has 3 heteroatoms. The van der Waals surface area contributed by atoms with E-state index in [4.69, 9.17) is 4.74 Å². The Balaban J connectivity index is 1.67. The fourth-order valence-electron chi connectivity index (χ4n) is 3.25. The van der Waals surface area contributed by atoms with Gasteiger partial charge in [0.1, 0.15) is 17.7 Å². The van der Waals surface area contributed by atoms with Gasteiger partial charge in [0.25, 0.3) is 0 Å². The third-order valence-corrected chi connectivity index (χ3v) is 4.54. The van der Waals surface area contributed by atoms with Crippen LogP contribution in [-0.4, -0.2) is 15.7 Å². The lowest BCUT2D eigenvalue weighted by Crippen LogP contribution is -2.13. The molecule has 1 unspecified atom stereocenters. The van der Waals surface area contributed by atoms with Gasteiger partial charge in [-0.25, -0.2) is 4.98 Å². The molecule has 1 aliphatic rings. The number of hydrogen-bond acceptors (Lipinski definition) is 2. The van der Waals surface area contributed by atoms with Gasteiger partial charge in [-0.2, -0.15) is 0 Å². The third-order valence-electron chi connectivity index (χ3n) is 4.54. The second-order valence-electron chi connectivity index (χ2n) is 6.33. The van der Waals surface area contributed by atoms with E-state index in [0.717, 1.165) is 35.6 Å². The summed E-state index contributed by atoms with van der Waals surface area (Å²) in [5, 5.41) is 0. The van der Waals surface area contributed by atoms with Gasteiger partial charge in [-0.15, -0.1) is 0 Å². The van der Waals surface area contributed by atoms with Gasteiger partial charge in [0.15, 0.2) is 0 Å². The van der Waals surface area contributed by atoms with Crippen LogP contribution >= 0.6 is 0 Å². The molecule has 0 fully saturated rings. The van der Waals surface area contributed by atoms with Crippen LogP contribution < -0.4 is 4.74 Å². The van der Waals surface area contributed by atoms with E-state index in [1.165, 1.54) is 16.6 Å². The highest BCUT2D eigenvalue weighted by molar-refractivity contribution is 5.76. The minimum atomic E-state index is 0.121. The van der Waals surface area contributed by atoms with E-state index >= 15 is 0 Å². The summed E-state index contributed by atoms with van der Waals surface area (Å²) in [6, 6.07) is 14.8. The lowest BCUT2D eigenvalue weighted by molar-refractivity contribution is 0.271. The van der Waals surface area contributed by atoms with Crippen molar-refractivity contribution in [2.45, 2.75) is 32.9 Å². The Morgan fingerprint density at radius 1 is 1.30 bits per heavy atom. The molecule has 1 aromatic heterocycles. The van der Waals surface area contributed by atoms with E-state index in [-0.39, 0.29) is 6.10 Å². The highest BCUT2D eigenvalue weighted by Crippen LogP contribution is 2.32. The molecular weight excluding hydrogens is 284 g/mol. The van der Waals surface area contributed by atoms with E-state index in [1.54, 1.807) is 0 Å². The van der Waals surface area contributed by atoms with Crippen LogP contribution in [0.3, 0.4) is 0 Å². The van der Waals surface area contributed by atoms with Gasteiger partial charge in [0.05, 0.1) is 11.0 Å². The third kappa shape index (κ3) is 2.42. The second kappa shape index (κ2) is 5.27. The van der Waals surface area contributed by atoms with Crippen molar-refractivity contribution in [3.05, 3.63) is 71.6 Å². The van der Waals surface area contributed by atoms with Crippen molar-refractivity contribution in [2.24, 2.45) is 0 Å². The minimum absolute atomic E-state index is 0.121. The summed E-state index contributed by atoms with van der Waals surface area (Å²) < 4.78 is 8.20. The number of imidazole rings is 1. The quantitative estimate of drug-likeness (QED) is 0.676. The van der Waals surface area contributed by atoms with Gasteiger partial charge in [-0.1, -0.05) is 30.8 Å². The summed E-state index contributed by atoms with van der Waals surface area (Å²) in [5.41, 5.74) is 5.87. The SMILES string of the molecule is C=C(C)C1Cc2cc(Cn3c(C)nc4ccccc43)ccc2O1. The number of rotatable bonds is 3. The van der Waals surface area contributed by atoms with Gasteiger partial charge >= 0.3 is 0 Å². The van der Waals surface area contributed by atoms with Gasteiger partial charge in [0, 0.05) is 13.0 Å². The van der Waals surface area contributed by atoms with Crippen LogP contribution in [0.25, 0.3) is 11.0 Å². The van der Waals surface area contributed by atoms with E-state index in [0.29, 0.717) is 0 Å². The number of fused-ring (bicyclic) bond motifs is 2. The largest absolute Gasteiger partial charge is 0.485 e. The molecule has 3 aromatic rings. The zero-order valence-electron chi connectivity index (χ0n) is 13.5. The van der Waals surface area contributed by atoms with E-state index < -0.39 is 0 Å². The van der Waals surface area contributed by atoms with E-state index in [1.807, 2.05) is 13.0 Å². The van der Waals surface area contributed by atoms with Crippen molar-refractivity contribution in [3.63, 3.8) is 0 Å². The second-order valence-corrected chi connectivity index (χ2v) is 6.33. The highest BCUT2D eigenvalue weighted by Gasteiger charge is 2.23. The number of aryl methyl sites for hydroxylation is 1. The molecule has 0 amide bonds. The Labute approximate surface area is 136 Å². The van der Waals surface area contributed by atoms with Crippen LogP contribution in [-0.2, 0) is 13.0 Å². The lowest BCUT2D eigenvalue weighted by atomic mass is 10.0. The average molecular weight is 304 g/mol. The first-order chi connectivity index (χ1) is 11.1. The van der Waals surface area contributed by atoms with Gasteiger partial charge in [0.2, 0.25) is 0 Å². The Morgan fingerprint density at radius 2 is 2.13 bits per heavy atom. The molecule has 23 heavy (non-hydrogen) atoms. The van der Waals surface area contributed by atoms with Crippen molar-refractivity contribution in [2.75, 3.05) is 0 Å². The van der Waals surface area contributed by atoms with Crippen LogP contribution in [0.2, 0.25) is 0 Å². The fraction of sp³-hybridized carbons (Fsp3) is 0.250. The first-order valence-corrected chi connectivity index (χ1v) is 7.97. The molecule has 0 saturated heterocycles. The smallest absolute Gasteiger partial charge is 0.123 e. The minimum Gasteiger partial charge on any atom is -0.485 e. The number of para-hydroxylation sites is 2. The average Bonchev–Trinajstić information content (AvgIpc) is 3.09. The first-order valence-electron chi connectivity index (χ1n) is 7.97. The Bertz CT molecular complexity index is 907. The summed E-state index contributed by atoms with van der Waals surface area (Å²) in [6.45, 7) is 8.93. The number of hydrogen-bond donors (Lipinski definition) is 0. The molecule has 0 spiro atoms. The predicted octanol–water partition coefficient (Wildman–Crippen LogP) is 4.27. The zero-order valence-corrected chi connectivity index (χ0v) is 13.5. The normalized spacial score (nSPS) is 16.3. The predicted molar refractivity (Wildman–Crippen MR) is 92.9 cm³/mol. The van der Waals surface area contributed by atoms with Gasteiger partial charge < -0.3 is 9.30 Å². The monoisotopic (exact) mass is 304 g/mol. The van der Waals surface area contributed by atoms with Crippen LogP contribution in [0.4, 0.5) is 0 Å². The Hall–Kier alpha value is -2.55. The summed E-state index contributed by atoms with van der Waals surface area (Å²) >= 11 is 0.